The van der Waals surface area contributed by atoms with Crippen LogP contribution < -0.4 is 10.1 Å². The van der Waals surface area contributed by atoms with Crippen molar-refractivity contribution in [2.24, 2.45) is 0 Å². The number of hydrogen-bond acceptors (Lipinski definition) is 2. The van der Waals surface area contributed by atoms with Gasteiger partial charge in [0.2, 0.25) is 0 Å². The van der Waals surface area contributed by atoms with Crippen LogP contribution in [0.25, 0.3) is 0 Å². The van der Waals surface area contributed by atoms with E-state index in [4.69, 9.17) is 16.3 Å². The second kappa shape index (κ2) is 6.50. The fourth-order valence-electron chi connectivity index (χ4n) is 2.56. The van der Waals surface area contributed by atoms with E-state index in [0.29, 0.717) is 6.54 Å². The van der Waals surface area contributed by atoms with Gasteiger partial charge in [-0.25, -0.2) is 0 Å². The highest BCUT2D eigenvalue weighted by atomic mass is 35.5. The van der Waals surface area contributed by atoms with Gasteiger partial charge in [0.05, 0.1) is 7.11 Å². The van der Waals surface area contributed by atoms with Crippen molar-refractivity contribution >= 4 is 11.6 Å². The maximum atomic E-state index is 6.23. The number of halogens is 1. The maximum Gasteiger partial charge on any atom is 0.124 e. The number of hydrogen-bond donors (Lipinski definition) is 1. The summed E-state index contributed by atoms with van der Waals surface area (Å²) in [6.07, 6.45) is 2.70. The highest BCUT2D eigenvalue weighted by Gasteiger charge is 2.22. The van der Waals surface area contributed by atoms with Gasteiger partial charge < -0.3 is 10.1 Å². The molecule has 1 aliphatic carbocycles. The van der Waals surface area contributed by atoms with Crippen LogP contribution in [0.3, 0.4) is 0 Å². The quantitative estimate of drug-likeness (QED) is 0.847. The predicted molar refractivity (Wildman–Crippen MR) is 87.0 cm³/mol. The second-order valence-corrected chi connectivity index (χ2v) is 5.95. The summed E-state index contributed by atoms with van der Waals surface area (Å²) >= 11 is 6.23. The first-order chi connectivity index (χ1) is 10.3. The van der Waals surface area contributed by atoms with Crippen molar-refractivity contribution in [3.8, 4) is 5.75 Å². The smallest absolute Gasteiger partial charge is 0.124 e. The van der Waals surface area contributed by atoms with Crippen LogP contribution in [-0.4, -0.2) is 7.11 Å². The summed E-state index contributed by atoms with van der Waals surface area (Å²) < 4.78 is 5.35. The van der Waals surface area contributed by atoms with E-state index in [1.54, 1.807) is 7.11 Å². The van der Waals surface area contributed by atoms with Crippen molar-refractivity contribution in [3.05, 3.63) is 64.2 Å². The average Bonchev–Trinajstić information content (AvgIpc) is 3.34. The summed E-state index contributed by atoms with van der Waals surface area (Å²) in [6.45, 7) is 1.53. The molecule has 0 saturated heterocycles. The Hall–Kier alpha value is -1.51. The van der Waals surface area contributed by atoms with Gasteiger partial charge in [-0.05, 0) is 42.0 Å². The van der Waals surface area contributed by atoms with Crippen LogP contribution in [-0.2, 0) is 13.1 Å². The monoisotopic (exact) mass is 301 g/mol. The molecule has 2 aromatic carbocycles. The highest BCUT2D eigenvalue weighted by molar-refractivity contribution is 6.31. The van der Waals surface area contributed by atoms with Gasteiger partial charge in [-0.15, -0.1) is 0 Å². The van der Waals surface area contributed by atoms with Gasteiger partial charge >= 0.3 is 0 Å². The summed E-state index contributed by atoms with van der Waals surface area (Å²) in [4.78, 5) is 0. The van der Waals surface area contributed by atoms with E-state index in [0.717, 1.165) is 28.8 Å². The van der Waals surface area contributed by atoms with Gasteiger partial charge in [0.15, 0.2) is 0 Å². The molecule has 3 heteroatoms. The van der Waals surface area contributed by atoms with Crippen LogP contribution in [0, 0.1) is 0 Å². The van der Waals surface area contributed by atoms with Gasteiger partial charge in [0.1, 0.15) is 5.75 Å². The number of nitrogens with one attached hydrogen (secondary N) is 1. The van der Waals surface area contributed by atoms with Crippen LogP contribution in [0.2, 0.25) is 5.02 Å². The molecular formula is C18H20ClNO. The normalized spacial score (nSPS) is 14.2. The predicted octanol–water partition coefficient (Wildman–Crippen LogP) is 4.52. The van der Waals surface area contributed by atoms with Crippen LogP contribution in [0.5, 0.6) is 5.75 Å². The minimum atomic E-state index is 0.702. The molecule has 0 unspecified atom stereocenters. The van der Waals surface area contributed by atoms with Crippen LogP contribution >= 0.6 is 11.6 Å². The average molecular weight is 302 g/mol. The molecule has 1 fully saturated rings. The van der Waals surface area contributed by atoms with Crippen molar-refractivity contribution in [2.75, 3.05) is 7.11 Å². The van der Waals surface area contributed by atoms with Crippen molar-refractivity contribution in [1.29, 1.82) is 0 Å². The van der Waals surface area contributed by atoms with Gasteiger partial charge in [-0.2, -0.15) is 0 Å². The van der Waals surface area contributed by atoms with Gasteiger partial charge in [-0.1, -0.05) is 41.9 Å². The maximum absolute atomic E-state index is 6.23. The molecule has 21 heavy (non-hydrogen) atoms. The summed E-state index contributed by atoms with van der Waals surface area (Å²) in [7, 11) is 1.67. The molecule has 2 aromatic rings. The summed E-state index contributed by atoms with van der Waals surface area (Å²) in [5, 5.41) is 4.17. The zero-order valence-electron chi connectivity index (χ0n) is 12.2. The van der Waals surface area contributed by atoms with E-state index in [1.165, 1.54) is 24.0 Å². The molecule has 3 rings (SSSR count). The van der Waals surface area contributed by atoms with Crippen LogP contribution in [0.15, 0.2) is 42.5 Å². The third kappa shape index (κ3) is 3.58. The highest BCUT2D eigenvalue weighted by Crippen LogP contribution is 2.39. The SMILES string of the molecule is COc1cccc(Cl)c1CNCc1ccc(C2CC2)cc1. The molecule has 0 heterocycles. The molecule has 1 saturated carbocycles. The van der Waals surface area contributed by atoms with Crippen molar-refractivity contribution in [1.82, 2.24) is 5.32 Å². The lowest BCUT2D eigenvalue weighted by Crippen LogP contribution is -2.13. The van der Waals surface area contributed by atoms with E-state index in [9.17, 15) is 0 Å². The lowest BCUT2D eigenvalue weighted by Gasteiger charge is -2.11. The van der Waals surface area contributed by atoms with E-state index < -0.39 is 0 Å². The Morgan fingerprint density at radius 2 is 1.86 bits per heavy atom. The Bertz CT molecular complexity index is 605. The molecule has 0 bridgehead atoms. The Morgan fingerprint density at radius 3 is 2.52 bits per heavy atom. The van der Waals surface area contributed by atoms with Crippen molar-refractivity contribution in [2.45, 2.75) is 31.8 Å². The standard InChI is InChI=1S/C18H20ClNO/c1-21-18-4-2-3-17(19)16(18)12-20-11-13-5-7-14(8-6-13)15-9-10-15/h2-8,15,20H,9-12H2,1H3. The summed E-state index contributed by atoms with van der Waals surface area (Å²) in [6, 6.07) is 14.7. The summed E-state index contributed by atoms with van der Waals surface area (Å²) in [5.41, 5.74) is 3.79. The Labute approximate surface area is 131 Å². The van der Waals surface area contributed by atoms with Crippen molar-refractivity contribution < 1.29 is 4.74 Å². The topological polar surface area (TPSA) is 21.3 Å². The molecule has 0 atom stereocenters. The zero-order valence-corrected chi connectivity index (χ0v) is 13.0. The number of rotatable bonds is 6. The summed E-state index contributed by atoms with van der Waals surface area (Å²) in [5.74, 6) is 1.65. The van der Waals surface area contributed by atoms with Crippen molar-refractivity contribution in [3.63, 3.8) is 0 Å². The zero-order chi connectivity index (χ0) is 14.7. The third-order valence-electron chi connectivity index (χ3n) is 3.96. The first-order valence-electron chi connectivity index (χ1n) is 7.39. The molecule has 110 valence electrons. The number of ether oxygens (including phenoxy) is 1. The van der Waals surface area contributed by atoms with E-state index in [-0.39, 0.29) is 0 Å². The molecule has 0 spiro atoms. The molecule has 1 N–H and O–H groups in total. The minimum absolute atomic E-state index is 0.702. The Balaban J connectivity index is 1.58. The van der Waals surface area contributed by atoms with E-state index in [2.05, 4.69) is 29.6 Å². The molecule has 2 nitrogen and oxygen atoms in total. The fourth-order valence-corrected chi connectivity index (χ4v) is 2.79. The number of methoxy groups -OCH3 is 1. The molecule has 0 aliphatic heterocycles. The Morgan fingerprint density at radius 1 is 1.10 bits per heavy atom. The van der Waals surface area contributed by atoms with Crippen LogP contribution in [0.1, 0.15) is 35.4 Å². The lowest BCUT2D eigenvalue weighted by atomic mass is 10.1. The second-order valence-electron chi connectivity index (χ2n) is 5.54. The largest absolute Gasteiger partial charge is 0.496 e. The van der Waals surface area contributed by atoms with Gasteiger partial charge in [0, 0.05) is 23.7 Å². The lowest BCUT2D eigenvalue weighted by molar-refractivity contribution is 0.407. The van der Waals surface area contributed by atoms with Crippen LogP contribution in [0.4, 0.5) is 0 Å². The molecule has 0 aromatic heterocycles. The first-order valence-corrected chi connectivity index (χ1v) is 7.76. The van der Waals surface area contributed by atoms with E-state index >= 15 is 0 Å². The first kappa shape index (κ1) is 14.4. The van der Waals surface area contributed by atoms with Gasteiger partial charge in [0.25, 0.3) is 0 Å². The molecule has 0 amide bonds. The van der Waals surface area contributed by atoms with E-state index in [1.807, 2.05) is 18.2 Å². The third-order valence-corrected chi connectivity index (χ3v) is 4.31. The Kier molecular flexibility index (Phi) is 4.47. The molecular weight excluding hydrogens is 282 g/mol. The number of benzene rings is 2. The molecule has 1 aliphatic rings. The van der Waals surface area contributed by atoms with Gasteiger partial charge in [-0.3, -0.25) is 0 Å². The molecule has 0 radical (unpaired) electrons. The minimum Gasteiger partial charge on any atom is -0.496 e. The fraction of sp³-hybridized carbons (Fsp3) is 0.333.